The van der Waals surface area contributed by atoms with Crippen molar-refractivity contribution in [1.82, 2.24) is 0 Å². The Morgan fingerprint density at radius 2 is 1.59 bits per heavy atom. The van der Waals surface area contributed by atoms with Gasteiger partial charge in [-0.25, -0.2) is 35.1 Å². The van der Waals surface area contributed by atoms with E-state index in [2.05, 4.69) is 0 Å². The Balaban J connectivity index is 2.38. The second kappa shape index (κ2) is 8.30. The third-order valence-electron chi connectivity index (χ3n) is 4.06. The van der Waals surface area contributed by atoms with Gasteiger partial charge in [0.1, 0.15) is 0 Å². The molecule has 0 aliphatic rings. The third kappa shape index (κ3) is 6.52. The predicted octanol–water partition coefficient (Wildman–Crippen LogP) is 7.82. The minimum Gasteiger partial charge on any atom is -0.210 e. The second-order valence-corrected chi connectivity index (χ2v) is 15.3. The lowest BCUT2D eigenvalue weighted by molar-refractivity contribution is -0.168. The SMILES string of the molecule is C[Si](C)(C)c1cc(C(F)(F)CC(F)(F)CC(F)(F)CC(F)F)c(-c2cccs2)s1. The maximum Gasteiger partial charge on any atom is 0.280 e. The van der Waals surface area contributed by atoms with Crippen molar-refractivity contribution >= 4 is 35.2 Å². The van der Waals surface area contributed by atoms with Crippen molar-refractivity contribution in [3.63, 3.8) is 0 Å². The van der Waals surface area contributed by atoms with Crippen molar-refractivity contribution in [3.8, 4) is 9.75 Å². The maximum atomic E-state index is 14.9. The number of alkyl halides is 8. The minimum absolute atomic E-state index is 0.137. The highest BCUT2D eigenvalue weighted by Crippen LogP contribution is 2.48. The molecule has 0 saturated carbocycles. The smallest absolute Gasteiger partial charge is 0.210 e. The first-order chi connectivity index (χ1) is 13.0. The molecule has 0 atom stereocenters. The molecule has 2 heterocycles. The van der Waals surface area contributed by atoms with Crippen molar-refractivity contribution in [3.05, 3.63) is 29.1 Å². The van der Waals surface area contributed by atoms with Gasteiger partial charge in [0.25, 0.3) is 17.8 Å². The van der Waals surface area contributed by atoms with E-state index < -0.39 is 57.1 Å². The van der Waals surface area contributed by atoms with Crippen LogP contribution in [0.15, 0.2) is 23.6 Å². The molecule has 0 radical (unpaired) electrons. The average molecular weight is 481 g/mol. The Bertz CT molecular complexity index is 806. The molecule has 0 aliphatic heterocycles. The van der Waals surface area contributed by atoms with Crippen LogP contribution >= 0.6 is 22.7 Å². The van der Waals surface area contributed by atoms with E-state index in [1.807, 2.05) is 19.6 Å². The molecule has 2 aromatic heterocycles. The molecule has 2 rings (SSSR count). The lowest BCUT2D eigenvalue weighted by Crippen LogP contribution is -2.36. The van der Waals surface area contributed by atoms with Crippen molar-refractivity contribution in [2.45, 2.75) is 63.1 Å². The zero-order valence-electron chi connectivity index (χ0n) is 15.8. The van der Waals surface area contributed by atoms with Crippen molar-refractivity contribution in [1.29, 1.82) is 0 Å². The van der Waals surface area contributed by atoms with Crippen LogP contribution in [0.2, 0.25) is 19.6 Å². The van der Waals surface area contributed by atoms with Crippen molar-refractivity contribution in [2.24, 2.45) is 0 Å². The summed E-state index contributed by atoms with van der Waals surface area (Å²) in [7, 11) is -2.05. The molecule has 29 heavy (non-hydrogen) atoms. The van der Waals surface area contributed by atoms with Crippen molar-refractivity contribution < 1.29 is 35.1 Å². The Kier molecular flexibility index (Phi) is 6.96. The Hall–Kier alpha value is -0.943. The number of hydrogen-bond donors (Lipinski definition) is 0. The zero-order chi connectivity index (χ0) is 22.3. The molecule has 2 aromatic rings. The van der Waals surface area contributed by atoms with Crippen LogP contribution in [-0.2, 0) is 5.92 Å². The van der Waals surface area contributed by atoms with Crippen LogP contribution in [0.3, 0.4) is 0 Å². The molecule has 164 valence electrons. The van der Waals surface area contributed by atoms with Gasteiger partial charge in [0.2, 0.25) is 6.43 Å². The quantitative estimate of drug-likeness (QED) is 0.254. The summed E-state index contributed by atoms with van der Waals surface area (Å²) in [5.74, 6) is -13.1. The molecule has 0 aromatic carbocycles. The number of halogens is 8. The fraction of sp³-hybridized carbons (Fsp3) is 0.556. The van der Waals surface area contributed by atoms with E-state index in [1.165, 1.54) is 17.4 Å². The van der Waals surface area contributed by atoms with E-state index in [4.69, 9.17) is 0 Å². The first kappa shape index (κ1) is 24.3. The first-order valence-corrected chi connectivity index (χ1v) is 13.8. The fourth-order valence-corrected chi connectivity index (χ4v) is 6.72. The minimum atomic E-state index is -4.52. The summed E-state index contributed by atoms with van der Waals surface area (Å²) < 4.78 is 110. The summed E-state index contributed by atoms with van der Waals surface area (Å²) in [6.45, 7) is 5.75. The molecular weight excluding hydrogens is 460 g/mol. The van der Waals surface area contributed by atoms with E-state index in [0.717, 1.165) is 11.3 Å². The van der Waals surface area contributed by atoms with Crippen LogP contribution in [0.5, 0.6) is 0 Å². The monoisotopic (exact) mass is 480 g/mol. The highest BCUT2D eigenvalue weighted by molar-refractivity contribution is 7.30. The highest BCUT2D eigenvalue weighted by atomic mass is 32.1. The zero-order valence-corrected chi connectivity index (χ0v) is 18.5. The molecule has 0 fully saturated rings. The lowest BCUT2D eigenvalue weighted by Gasteiger charge is -2.27. The summed E-state index contributed by atoms with van der Waals surface area (Å²) >= 11 is 2.27. The number of thiophene rings is 2. The van der Waals surface area contributed by atoms with Gasteiger partial charge in [-0.15, -0.1) is 22.7 Å². The van der Waals surface area contributed by atoms with E-state index in [9.17, 15) is 35.1 Å². The number of hydrogen-bond acceptors (Lipinski definition) is 2. The molecule has 0 bridgehead atoms. The van der Waals surface area contributed by atoms with Gasteiger partial charge >= 0.3 is 0 Å². The highest BCUT2D eigenvalue weighted by Gasteiger charge is 2.52. The van der Waals surface area contributed by atoms with Gasteiger partial charge < -0.3 is 0 Å². The average Bonchev–Trinajstić information content (AvgIpc) is 3.12. The van der Waals surface area contributed by atoms with Crippen LogP contribution in [0, 0.1) is 0 Å². The van der Waals surface area contributed by atoms with Gasteiger partial charge in [0.05, 0.1) is 32.2 Å². The van der Waals surface area contributed by atoms with Gasteiger partial charge in [-0.2, -0.15) is 0 Å². The van der Waals surface area contributed by atoms with Crippen LogP contribution in [0.1, 0.15) is 24.8 Å². The van der Waals surface area contributed by atoms with E-state index in [0.29, 0.717) is 9.38 Å². The molecule has 0 aliphatic carbocycles. The van der Waals surface area contributed by atoms with Gasteiger partial charge in [-0.05, 0) is 22.0 Å². The third-order valence-corrected chi connectivity index (χ3v) is 9.83. The van der Waals surface area contributed by atoms with Crippen LogP contribution in [0.25, 0.3) is 9.75 Å². The van der Waals surface area contributed by atoms with Gasteiger partial charge in [-0.1, -0.05) is 25.7 Å². The largest absolute Gasteiger partial charge is 0.280 e. The molecule has 0 unspecified atom stereocenters. The summed E-state index contributed by atoms with van der Waals surface area (Å²) in [4.78, 5) is 0.609. The summed E-state index contributed by atoms with van der Waals surface area (Å²) in [5, 5.41) is 1.66. The standard InChI is InChI=1S/C18H20F8S2Si/c1-29(2,3)14-7-11(15(28-14)12-5-4-6-27-12)18(25,26)10-17(23,24)9-16(21,22)8-13(19)20/h4-7,13H,8-10H2,1-3H3. The normalized spacial score (nSPS) is 14.1. The van der Waals surface area contributed by atoms with E-state index >= 15 is 0 Å². The van der Waals surface area contributed by atoms with Gasteiger partial charge in [0, 0.05) is 10.4 Å². The molecule has 0 spiro atoms. The molecule has 0 saturated heterocycles. The van der Waals surface area contributed by atoms with Crippen LogP contribution < -0.4 is 4.50 Å². The van der Waals surface area contributed by atoms with Gasteiger partial charge in [0.15, 0.2) is 0 Å². The topological polar surface area (TPSA) is 0 Å². The fourth-order valence-electron chi connectivity index (χ4n) is 2.78. The van der Waals surface area contributed by atoms with Gasteiger partial charge in [-0.3, -0.25) is 0 Å². The van der Waals surface area contributed by atoms with Crippen LogP contribution in [-0.4, -0.2) is 26.3 Å². The summed E-state index contributed by atoms with van der Waals surface area (Å²) in [6, 6.07) is 4.41. The molecule has 0 N–H and O–H groups in total. The number of rotatable bonds is 9. The summed E-state index contributed by atoms with van der Waals surface area (Å²) in [6.07, 6.45) is -10.1. The molecule has 0 amide bonds. The predicted molar refractivity (Wildman–Crippen MR) is 104 cm³/mol. The maximum absolute atomic E-state index is 14.9. The second-order valence-electron chi connectivity index (χ2n) is 7.95. The molecular formula is C18H20F8S2Si. The van der Waals surface area contributed by atoms with Crippen LogP contribution in [0.4, 0.5) is 35.1 Å². The van der Waals surface area contributed by atoms with Crippen molar-refractivity contribution in [2.75, 3.05) is 0 Å². The van der Waals surface area contributed by atoms with E-state index in [1.54, 1.807) is 17.5 Å². The summed E-state index contributed by atoms with van der Waals surface area (Å²) in [5.41, 5.74) is -0.626. The first-order valence-electron chi connectivity index (χ1n) is 8.63. The Morgan fingerprint density at radius 3 is 2.07 bits per heavy atom. The Labute approximate surface area is 172 Å². The Morgan fingerprint density at radius 1 is 0.966 bits per heavy atom. The van der Waals surface area contributed by atoms with E-state index in [-0.39, 0.29) is 4.88 Å². The molecule has 0 nitrogen and oxygen atoms in total. The molecule has 11 heteroatoms. The lowest BCUT2D eigenvalue weighted by atomic mass is 9.97.